The van der Waals surface area contributed by atoms with E-state index in [1.807, 2.05) is 0 Å². The molecule has 0 fully saturated rings. The third-order valence-corrected chi connectivity index (χ3v) is 6.87. The largest absolute Gasteiger partial charge is 0.487 e. The highest BCUT2D eigenvalue weighted by atomic mass is 35.5. The molecule has 3 aromatic carbocycles. The number of oxazole rings is 1. The van der Waals surface area contributed by atoms with Gasteiger partial charge in [0, 0.05) is 25.0 Å². The molecule has 234 valence electrons. The molecule has 2 aromatic heterocycles. The Morgan fingerprint density at radius 2 is 1.71 bits per heavy atom. The van der Waals surface area contributed by atoms with Gasteiger partial charge in [0.2, 0.25) is 0 Å². The molecule has 8 nitrogen and oxygen atoms in total. The number of carbonyl (C=O) groups excluding carboxylic acids is 2. The number of hydrogen-bond donors (Lipinski definition) is 0. The van der Waals surface area contributed by atoms with Crippen LogP contribution in [0, 0.1) is 12.7 Å². The number of Topliss-reactive ketones (excluding diaryl/α,β-unsaturated/α-hetero) is 1. The van der Waals surface area contributed by atoms with Gasteiger partial charge in [-0.3, -0.25) is 4.79 Å². The quantitative estimate of drug-likeness (QED) is 0.0958. The van der Waals surface area contributed by atoms with Crippen molar-refractivity contribution in [3.05, 3.63) is 105 Å². The molecule has 0 aliphatic heterocycles. The number of alkyl halides is 3. The monoisotopic (exact) mass is 643 g/mol. The highest BCUT2D eigenvalue weighted by molar-refractivity contribution is 6.32. The zero-order valence-electron chi connectivity index (χ0n) is 24.5. The van der Waals surface area contributed by atoms with Gasteiger partial charge >= 0.3 is 12.1 Å². The predicted molar refractivity (Wildman–Crippen MR) is 156 cm³/mol. The number of nitrogens with zero attached hydrogens (tertiary/aromatic N) is 3. The van der Waals surface area contributed by atoms with Crippen molar-refractivity contribution in [1.82, 2.24) is 14.8 Å². The number of benzene rings is 3. The van der Waals surface area contributed by atoms with Crippen LogP contribution in [0.1, 0.15) is 64.3 Å². The van der Waals surface area contributed by atoms with Gasteiger partial charge in [-0.05, 0) is 68.8 Å². The molecule has 2 heterocycles. The Hall–Kier alpha value is -4.71. The molecule has 5 rings (SSSR count). The molecule has 0 N–H and O–H groups in total. The normalized spacial score (nSPS) is 12.0. The number of carbonyl (C=O) groups is 2. The van der Waals surface area contributed by atoms with Crippen LogP contribution in [-0.2, 0) is 23.9 Å². The first kappa shape index (κ1) is 31.7. The Balaban J connectivity index is 1.40. The van der Waals surface area contributed by atoms with Crippen molar-refractivity contribution >= 4 is 34.5 Å². The first-order valence-electron chi connectivity index (χ1n) is 13.6. The summed E-state index contributed by atoms with van der Waals surface area (Å²) in [5.41, 5.74) is -1.00. The van der Waals surface area contributed by atoms with Crippen LogP contribution in [0.15, 0.2) is 65.1 Å². The fraction of sp³-hybridized carbons (Fsp3) is 0.250. The molecule has 0 amide bonds. The molecule has 0 unspecified atom stereocenters. The Kier molecular flexibility index (Phi) is 8.45. The van der Waals surface area contributed by atoms with Crippen LogP contribution in [0.25, 0.3) is 16.8 Å². The van der Waals surface area contributed by atoms with Gasteiger partial charge in [0.1, 0.15) is 35.0 Å². The molecular weight excluding hydrogens is 618 g/mol. The number of aromatic nitrogens is 3. The Bertz CT molecular complexity index is 1910. The number of aryl methyl sites for hydroxylation is 1. The molecule has 0 spiro atoms. The van der Waals surface area contributed by atoms with E-state index < -0.39 is 46.7 Å². The molecule has 0 aliphatic carbocycles. The van der Waals surface area contributed by atoms with Gasteiger partial charge in [0.15, 0.2) is 23.0 Å². The van der Waals surface area contributed by atoms with E-state index in [-0.39, 0.29) is 40.2 Å². The highest BCUT2D eigenvalue weighted by Crippen LogP contribution is 2.37. The lowest BCUT2D eigenvalue weighted by Gasteiger charge is -2.19. The molecule has 5 aromatic rings. The van der Waals surface area contributed by atoms with E-state index in [0.29, 0.717) is 17.0 Å². The molecule has 0 radical (unpaired) electrons. The minimum atomic E-state index is -4.88. The average molecular weight is 644 g/mol. The maximum atomic E-state index is 14.7. The Morgan fingerprint density at radius 3 is 2.38 bits per heavy atom. The summed E-state index contributed by atoms with van der Waals surface area (Å²) in [6, 6.07) is 14.1. The van der Waals surface area contributed by atoms with E-state index >= 15 is 0 Å². The highest BCUT2D eigenvalue weighted by Gasteiger charge is 2.39. The first-order chi connectivity index (χ1) is 21.1. The minimum Gasteiger partial charge on any atom is -0.487 e. The third-order valence-electron chi connectivity index (χ3n) is 6.48. The van der Waals surface area contributed by atoms with Gasteiger partial charge in [-0.1, -0.05) is 23.7 Å². The molecule has 0 saturated carbocycles. The number of halogens is 5. The van der Waals surface area contributed by atoms with Gasteiger partial charge in [-0.15, -0.1) is 0 Å². The lowest BCUT2D eigenvalue weighted by Crippen LogP contribution is -2.23. The summed E-state index contributed by atoms with van der Waals surface area (Å²) in [5.74, 6) is -1.11. The number of esters is 1. The summed E-state index contributed by atoms with van der Waals surface area (Å²) < 4.78 is 73.6. The number of fused-ring (bicyclic) bond motifs is 1. The summed E-state index contributed by atoms with van der Waals surface area (Å²) in [6.07, 6.45) is -5.22. The molecule has 0 aliphatic rings. The molecule has 13 heteroatoms. The maximum Gasteiger partial charge on any atom is 0.436 e. The van der Waals surface area contributed by atoms with Crippen molar-refractivity contribution in [2.24, 2.45) is 0 Å². The molecule has 45 heavy (non-hydrogen) atoms. The van der Waals surface area contributed by atoms with Gasteiger partial charge in [0.25, 0.3) is 0 Å². The van der Waals surface area contributed by atoms with Crippen molar-refractivity contribution in [3.63, 3.8) is 0 Å². The van der Waals surface area contributed by atoms with Gasteiger partial charge in [-0.25, -0.2) is 18.9 Å². The van der Waals surface area contributed by atoms with Crippen molar-refractivity contribution in [1.29, 1.82) is 0 Å². The SMILES string of the molecule is Cc1nc2cc(F)c(CC(=O)c3cccc(-n4nc(C(F)(F)F)c(Cl)c4COc4ccc(C(=O)OC(C)(C)C)cc4)c3)cc2o1. The first-order valence-corrected chi connectivity index (χ1v) is 14.0. The van der Waals surface area contributed by atoms with Crippen LogP contribution >= 0.6 is 11.6 Å². The Labute approximate surface area is 259 Å². The predicted octanol–water partition coefficient (Wildman–Crippen LogP) is 8.09. The van der Waals surface area contributed by atoms with Crippen molar-refractivity contribution in [2.45, 2.75) is 52.5 Å². The van der Waals surface area contributed by atoms with Gasteiger partial charge < -0.3 is 13.9 Å². The topological polar surface area (TPSA) is 96.5 Å². The van der Waals surface area contributed by atoms with Crippen molar-refractivity contribution < 1.29 is 41.0 Å². The van der Waals surface area contributed by atoms with Crippen LogP contribution in [0.5, 0.6) is 5.75 Å². The van der Waals surface area contributed by atoms with Crippen LogP contribution < -0.4 is 4.74 Å². The zero-order valence-corrected chi connectivity index (χ0v) is 25.2. The summed E-state index contributed by atoms with van der Waals surface area (Å²) in [5, 5.41) is 3.02. The molecule has 0 bridgehead atoms. The lowest BCUT2D eigenvalue weighted by molar-refractivity contribution is -0.141. The second-order valence-corrected chi connectivity index (χ2v) is 11.5. The second kappa shape index (κ2) is 12.0. The number of rotatable bonds is 8. The van der Waals surface area contributed by atoms with Crippen molar-refractivity contribution in [3.8, 4) is 11.4 Å². The second-order valence-electron chi connectivity index (χ2n) is 11.1. The molecule has 0 atom stereocenters. The van der Waals surface area contributed by atoms with E-state index in [2.05, 4.69) is 10.1 Å². The van der Waals surface area contributed by atoms with Crippen LogP contribution in [0.3, 0.4) is 0 Å². The molecular formula is C32H26ClF4N3O5. The summed E-state index contributed by atoms with van der Waals surface area (Å²) in [4.78, 5) is 29.5. The van der Waals surface area contributed by atoms with Gasteiger partial charge in [-0.2, -0.15) is 18.3 Å². The minimum absolute atomic E-state index is 0.0716. The third kappa shape index (κ3) is 7.17. The maximum absolute atomic E-state index is 14.7. The molecule has 0 saturated heterocycles. The van der Waals surface area contributed by atoms with E-state index in [1.165, 1.54) is 60.7 Å². The van der Waals surface area contributed by atoms with Crippen LogP contribution in [0.4, 0.5) is 17.6 Å². The fourth-order valence-electron chi connectivity index (χ4n) is 4.46. The summed E-state index contributed by atoms with van der Waals surface area (Å²) in [6.45, 7) is 6.37. The Morgan fingerprint density at radius 1 is 1.00 bits per heavy atom. The smallest absolute Gasteiger partial charge is 0.436 e. The van der Waals surface area contributed by atoms with E-state index in [0.717, 1.165) is 4.68 Å². The van der Waals surface area contributed by atoms with E-state index in [9.17, 15) is 27.2 Å². The number of ether oxygens (including phenoxy) is 2. The van der Waals surface area contributed by atoms with Crippen LogP contribution in [-0.4, -0.2) is 32.1 Å². The lowest BCUT2D eigenvalue weighted by atomic mass is 10.0. The standard InChI is InChI=1S/C32H26ClF4N3O5/c1-17-38-24-15-23(34)20(14-27(24)44-17)13-26(41)19-6-5-7-21(12-19)40-25(28(33)29(39-40)32(35,36)37)16-43-22-10-8-18(9-11-22)30(42)45-31(2,3)4/h5-12,14-15H,13,16H2,1-4H3. The number of ketones is 1. The van der Waals surface area contributed by atoms with E-state index in [1.54, 1.807) is 27.7 Å². The van der Waals surface area contributed by atoms with Crippen LogP contribution in [0.2, 0.25) is 5.02 Å². The van der Waals surface area contributed by atoms with Crippen molar-refractivity contribution in [2.75, 3.05) is 0 Å². The fourth-order valence-corrected chi connectivity index (χ4v) is 4.74. The van der Waals surface area contributed by atoms with Gasteiger partial charge in [0.05, 0.1) is 16.3 Å². The summed E-state index contributed by atoms with van der Waals surface area (Å²) in [7, 11) is 0. The number of hydrogen-bond acceptors (Lipinski definition) is 7. The average Bonchev–Trinajstić information content (AvgIpc) is 3.49. The van der Waals surface area contributed by atoms with E-state index in [4.69, 9.17) is 25.5 Å². The zero-order chi connectivity index (χ0) is 32.7. The summed E-state index contributed by atoms with van der Waals surface area (Å²) >= 11 is 6.17.